The zero-order chi connectivity index (χ0) is 14.1. The number of fused-ring (bicyclic) bond motifs is 1. The fraction of sp³-hybridized carbons (Fsp3) is 0.200. The van der Waals surface area contributed by atoms with Crippen LogP contribution >= 0.6 is 23.5 Å². The standard InChI is InChI=1S/C15H13F2NS2/c16-12-5-10(18)6-13(17)15(12)20-8-9-7-19-14-4-2-1-3-11(9)14/h1-6,9H,7-8,18H2. The highest BCUT2D eigenvalue weighted by Crippen LogP contribution is 2.42. The highest BCUT2D eigenvalue weighted by Gasteiger charge is 2.23. The molecule has 0 radical (unpaired) electrons. The lowest BCUT2D eigenvalue weighted by molar-refractivity contribution is 0.541. The van der Waals surface area contributed by atoms with Gasteiger partial charge in [0.25, 0.3) is 0 Å². The Morgan fingerprint density at radius 2 is 1.90 bits per heavy atom. The normalized spacial score (nSPS) is 17.2. The van der Waals surface area contributed by atoms with E-state index < -0.39 is 11.6 Å². The van der Waals surface area contributed by atoms with Gasteiger partial charge in [-0.2, -0.15) is 0 Å². The third kappa shape index (κ3) is 2.65. The zero-order valence-corrected chi connectivity index (χ0v) is 12.2. The van der Waals surface area contributed by atoms with E-state index in [1.165, 1.54) is 34.4 Å². The molecule has 3 rings (SSSR count). The van der Waals surface area contributed by atoms with E-state index in [0.717, 1.165) is 5.75 Å². The third-order valence-corrected chi connectivity index (χ3v) is 5.75. The van der Waals surface area contributed by atoms with Crippen LogP contribution in [0.15, 0.2) is 46.2 Å². The Morgan fingerprint density at radius 3 is 2.65 bits per heavy atom. The Bertz CT molecular complexity index is 623. The van der Waals surface area contributed by atoms with Crippen molar-refractivity contribution in [1.29, 1.82) is 0 Å². The van der Waals surface area contributed by atoms with Crippen LogP contribution in [0.5, 0.6) is 0 Å². The second-order valence-corrected chi connectivity index (χ2v) is 6.76. The number of hydrogen-bond donors (Lipinski definition) is 1. The smallest absolute Gasteiger partial charge is 0.141 e. The van der Waals surface area contributed by atoms with Crippen molar-refractivity contribution in [3.63, 3.8) is 0 Å². The lowest BCUT2D eigenvalue weighted by Gasteiger charge is -2.11. The zero-order valence-electron chi connectivity index (χ0n) is 10.6. The minimum absolute atomic E-state index is 0.0635. The van der Waals surface area contributed by atoms with Crippen LogP contribution in [0.2, 0.25) is 0 Å². The van der Waals surface area contributed by atoms with Crippen LogP contribution in [0.4, 0.5) is 14.5 Å². The topological polar surface area (TPSA) is 26.0 Å². The molecule has 1 aliphatic rings. The molecule has 2 aromatic rings. The molecule has 2 N–H and O–H groups in total. The van der Waals surface area contributed by atoms with Gasteiger partial charge in [-0.3, -0.25) is 0 Å². The molecule has 1 aliphatic heterocycles. The highest BCUT2D eigenvalue weighted by molar-refractivity contribution is 8.00. The van der Waals surface area contributed by atoms with Crippen LogP contribution in [0.25, 0.3) is 0 Å². The van der Waals surface area contributed by atoms with Crippen LogP contribution in [-0.4, -0.2) is 11.5 Å². The van der Waals surface area contributed by atoms with Crippen molar-refractivity contribution in [2.75, 3.05) is 17.2 Å². The predicted octanol–water partition coefficient (Wildman–Crippen LogP) is 4.53. The van der Waals surface area contributed by atoms with Gasteiger partial charge in [0.05, 0.1) is 4.90 Å². The van der Waals surface area contributed by atoms with Crippen molar-refractivity contribution in [3.05, 3.63) is 53.6 Å². The van der Waals surface area contributed by atoms with Crippen molar-refractivity contribution in [1.82, 2.24) is 0 Å². The van der Waals surface area contributed by atoms with Gasteiger partial charge in [0.15, 0.2) is 0 Å². The molecule has 104 valence electrons. The molecule has 1 atom stereocenters. The summed E-state index contributed by atoms with van der Waals surface area (Å²) >= 11 is 3.03. The number of nitrogen functional groups attached to an aromatic ring is 1. The second-order valence-electron chi connectivity index (χ2n) is 4.67. The quantitative estimate of drug-likeness (QED) is 0.666. The maximum atomic E-state index is 13.7. The van der Waals surface area contributed by atoms with Gasteiger partial charge in [-0.1, -0.05) is 18.2 Å². The monoisotopic (exact) mass is 309 g/mol. The van der Waals surface area contributed by atoms with Crippen molar-refractivity contribution in [2.45, 2.75) is 15.7 Å². The lowest BCUT2D eigenvalue weighted by Crippen LogP contribution is -2.02. The first-order chi connectivity index (χ1) is 9.65. The number of hydrogen-bond acceptors (Lipinski definition) is 3. The van der Waals surface area contributed by atoms with Crippen LogP contribution in [0.1, 0.15) is 11.5 Å². The average Bonchev–Trinajstić information content (AvgIpc) is 2.81. The molecule has 0 aromatic heterocycles. The van der Waals surface area contributed by atoms with Crippen molar-refractivity contribution < 1.29 is 8.78 Å². The SMILES string of the molecule is Nc1cc(F)c(SCC2CSc3ccccc32)c(F)c1. The van der Waals surface area contributed by atoms with E-state index in [0.29, 0.717) is 11.7 Å². The van der Waals surface area contributed by atoms with Crippen LogP contribution < -0.4 is 5.73 Å². The summed E-state index contributed by atoms with van der Waals surface area (Å²) in [4.78, 5) is 1.34. The minimum Gasteiger partial charge on any atom is -0.399 e. The molecule has 1 unspecified atom stereocenters. The average molecular weight is 309 g/mol. The lowest BCUT2D eigenvalue weighted by atomic mass is 10.0. The predicted molar refractivity (Wildman–Crippen MR) is 81.4 cm³/mol. The molecule has 2 aromatic carbocycles. The van der Waals surface area contributed by atoms with Gasteiger partial charge >= 0.3 is 0 Å². The molecule has 0 bridgehead atoms. The summed E-state index contributed by atoms with van der Waals surface area (Å²) in [7, 11) is 0. The molecule has 0 saturated heterocycles. The maximum Gasteiger partial charge on any atom is 0.141 e. The number of rotatable bonds is 3. The van der Waals surface area contributed by atoms with Crippen molar-refractivity contribution in [3.8, 4) is 0 Å². The molecule has 0 fully saturated rings. The van der Waals surface area contributed by atoms with Gasteiger partial charge in [0.1, 0.15) is 11.6 Å². The van der Waals surface area contributed by atoms with Crippen LogP contribution in [0, 0.1) is 11.6 Å². The van der Waals surface area contributed by atoms with E-state index in [2.05, 4.69) is 12.1 Å². The molecular weight excluding hydrogens is 296 g/mol. The van der Waals surface area contributed by atoms with Gasteiger partial charge in [-0.15, -0.1) is 23.5 Å². The number of anilines is 1. The Morgan fingerprint density at radius 1 is 1.20 bits per heavy atom. The molecule has 0 amide bonds. The summed E-state index contributed by atoms with van der Waals surface area (Å²) in [6, 6.07) is 10.5. The first-order valence-electron chi connectivity index (χ1n) is 6.24. The molecule has 5 heteroatoms. The number of benzene rings is 2. The first kappa shape index (κ1) is 13.8. The minimum atomic E-state index is -0.577. The fourth-order valence-electron chi connectivity index (χ4n) is 2.27. The number of thioether (sulfide) groups is 2. The molecule has 0 spiro atoms. The van der Waals surface area contributed by atoms with Gasteiger partial charge in [-0.25, -0.2) is 8.78 Å². The second kappa shape index (κ2) is 5.66. The summed E-state index contributed by atoms with van der Waals surface area (Å²) in [6.07, 6.45) is 0. The highest BCUT2D eigenvalue weighted by atomic mass is 32.2. The third-order valence-electron chi connectivity index (χ3n) is 3.25. The number of nitrogens with two attached hydrogens (primary N) is 1. The van der Waals surface area contributed by atoms with E-state index >= 15 is 0 Å². The summed E-state index contributed by atoms with van der Waals surface area (Å²) in [5, 5.41) is 0. The van der Waals surface area contributed by atoms with Gasteiger partial charge < -0.3 is 5.73 Å². The Hall–Kier alpha value is -1.20. The summed E-state index contributed by atoms with van der Waals surface area (Å²) < 4.78 is 27.5. The van der Waals surface area contributed by atoms with Gasteiger partial charge in [0, 0.05) is 28.0 Å². The van der Waals surface area contributed by atoms with Gasteiger partial charge in [0.2, 0.25) is 0 Å². The molecule has 20 heavy (non-hydrogen) atoms. The molecule has 1 heterocycles. The number of halogens is 2. The Kier molecular flexibility index (Phi) is 3.89. The summed E-state index contributed by atoms with van der Waals surface area (Å²) in [5.41, 5.74) is 6.81. The molecule has 0 aliphatic carbocycles. The van der Waals surface area contributed by atoms with E-state index in [1.807, 2.05) is 12.1 Å². The Labute approximate surface area is 124 Å². The van der Waals surface area contributed by atoms with Crippen LogP contribution in [0.3, 0.4) is 0 Å². The van der Waals surface area contributed by atoms with E-state index in [9.17, 15) is 8.78 Å². The molecule has 0 saturated carbocycles. The van der Waals surface area contributed by atoms with Crippen LogP contribution in [-0.2, 0) is 0 Å². The van der Waals surface area contributed by atoms with E-state index in [1.54, 1.807) is 11.8 Å². The fourth-order valence-corrected chi connectivity index (χ4v) is 4.73. The van der Waals surface area contributed by atoms with Crippen molar-refractivity contribution >= 4 is 29.2 Å². The Balaban J connectivity index is 1.76. The van der Waals surface area contributed by atoms with E-state index in [4.69, 9.17) is 5.73 Å². The van der Waals surface area contributed by atoms with Crippen molar-refractivity contribution in [2.24, 2.45) is 0 Å². The first-order valence-corrected chi connectivity index (χ1v) is 8.21. The van der Waals surface area contributed by atoms with E-state index in [-0.39, 0.29) is 10.6 Å². The maximum absolute atomic E-state index is 13.7. The molecular formula is C15H13F2NS2. The molecule has 1 nitrogen and oxygen atoms in total. The summed E-state index contributed by atoms with van der Waals surface area (Å²) in [5.74, 6) is 0.808. The summed E-state index contributed by atoms with van der Waals surface area (Å²) in [6.45, 7) is 0. The largest absolute Gasteiger partial charge is 0.399 e. The van der Waals surface area contributed by atoms with Gasteiger partial charge in [-0.05, 0) is 23.8 Å².